The lowest BCUT2D eigenvalue weighted by molar-refractivity contribution is 0.0906. The molecular formula is C18H14F2N2O3. The van der Waals surface area contributed by atoms with Crippen LogP contribution in [0.1, 0.15) is 22.2 Å². The SMILES string of the molecule is O=C(NCC(O)c1c(F)cccc1F)c1coc(-c2ccccc2)n1. The van der Waals surface area contributed by atoms with E-state index in [1.807, 2.05) is 6.07 Å². The van der Waals surface area contributed by atoms with Gasteiger partial charge in [0.15, 0.2) is 5.69 Å². The molecule has 0 saturated carbocycles. The van der Waals surface area contributed by atoms with Crippen LogP contribution in [0, 0.1) is 11.6 Å². The van der Waals surface area contributed by atoms with Crippen molar-refractivity contribution in [3.8, 4) is 11.5 Å². The second kappa shape index (κ2) is 7.23. The standard InChI is InChI=1S/C18H14F2N2O3/c19-12-7-4-8-13(20)16(12)15(23)9-21-17(24)14-10-25-18(22-14)11-5-2-1-3-6-11/h1-8,10,15,23H,9H2,(H,21,24). The number of carbonyl (C=O) groups excluding carboxylic acids is 1. The Hall–Kier alpha value is -3.06. The van der Waals surface area contributed by atoms with E-state index in [1.54, 1.807) is 24.3 Å². The molecule has 0 spiro atoms. The van der Waals surface area contributed by atoms with Crippen molar-refractivity contribution in [3.05, 3.63) is 77.7 Å². The number of amides is 1. The Morgan fingerprint density at radius 3 is 2.48 bits per heavy atom. The Morgan fingerprint density at radius 1 is 1.12 bits per heavy atom. The second-order valence-electron chi connectivity index (χ2n) is 5.27. The molecule has 1 amide bonds. The summed E-state index contributed by atoms with van der Waals surface area (Å²) in [6.07, 6.45) is -0.348. The van der Waals surface area contributed by atoms with Gasteiger partial charge in [-0.2, -0.15) is 0 Å². The molecule has 0 fully saturated rings. The topological polar surface area (TPSA) is 75.4 Å². The van der Waals surface area contributed by atoms with Crippen molar-refractivity contribution in [2.75, 3.05) is 6.54 Å². The smallest absolute Gasteiger partial charge is 0.273 e. The third-order valence-corrected chi connectivity index (χ3v) is 3.55. The molecule has 3 aromatic rings. The van der Waals surface area contributed by atoms with Gasteiger partial charge >= 0.3 is 0 Å². The van der Waals surface area contributed by atoms with Crippen molar-refractivity contribution in [2.45, 2.75) is 6.10 Å². The lowest BCUT2D eigenvalue weighted by Crippen LogP contribution is -2.29. The second-order valence-corrected chi connectivity index (χ2v) is 5.27. The third kappa shape index (κ3) is 3.72. The van der Waals surface area contributed by atoms with E-state index in [1.165, 1.54) is 12.3 Å². The van der Waals surface area contributed by atoms with E-state index in [2.05, 4.69) is 10.3 Å². The number of rotatable bonds is 5. The van der Waals surface area contributed by atoms with E-state index < -0.39 is 29.2 Å². The molecule has 5 nitrogen and oxygen atoms in total. The van der Waals surface area contributed by atoms with Gasteiger partial charge in [0.1, 0.15) is 24.0 Å². The summed E-state index contributed by atoms with van der Waals surface area (Å²) in [7, 11) is 0. The number of hydrogen-bond donors (Lipinski definition) is 2. The van der Waals surface area contributed by atoms with Crippen LogP contribution in [-0.2, 0) is 0 Å². The van der Waals surface area contributed by atoms with Gasteiger partial charge < -0.3 is 14.8 Å². The number of benzene rings is 2. The number of halogens is 2. The minimum atomic E-state index is -1.52. The molecule has 0 saturated heterocycles. The molecule has 1 atom stereocenters. The van der Waals surface area contributed by atoms with Crippen molar-refractivity contribution < 1.29 is 23.1 Å². The van der Waals surface area contributed by atoms with Crippen LogP contribution in [0.15, 0.2) is 59.2 Å². The van der Waals surface area contributed by atoms with Gasteiger partial charge in [0, 0.05) is 12.1 Å². The van der Waals surface area contributed by atoms with Crippen LogP contribution in [0.4, 0.5) is 8.78 Å². The summed E-state index contributed by atoms with van der Waals surface area (Å²) in [4.78, 5) is 16.1. The first kappa shape index (κ1) is 16.8. The highest BCUT2D eigenvalue weighted by atomic mass is 19.1. The minimum Gasteiger partial charge on any atom is -0.444 e. The third-order valence-electron chi connectivity index (χ3n) is 3.55. The van der Waals surface area contributed by atoms with E-state index in [0.717, 1.165) is 12.1 Å². The Morgan fingerprint density at radius 2 is 1.80 bits per heavy atom. The van der Waals surface area contributed by atoms with E-state index >= 15 is 0 Å². The van der Waals surface area contributed by atoms with Gasteiger partial charge in [0.05, 0.1) is 5.56 Å². The van der Waals surface area contributed by atoms with E-state index in [0.29, 0.717) is 5.56 Å². The molecule has 1 unspecified atom stereocenters. The summed E-state index contributed by atoms with van der Waals surface area (Å²) < 4.78 is 32.4. The zero-order valence-corrected chi connectivity index (χ0v) is 12.9. The zero-order valence-electron chi connectivity index (χ0n) is 12.9. The van der Waals surface area contributed by atoms with Crippen molar-refractivity contribution >= 4 is 5.91 Å². The van der Waals surface area contributed by atoms with Gasteiger partial charge in [-0.05, 0) is 24.3 Å². The lowest BCUT2D eigenvalue weighted by Gasteiger charge is -2.13. The van der Waals surface area contributed by atoms with Gasteiger partial charge in [0.25, 0.3) is 5.91 Å². The molecule has 0 radical (unpaired) electrons. The lowest BCUT2D eigenvalue weighted by atomic mass is 10.1. The van der Waals surface area contributed by atoms with Gasteiger partial charge in [-0.25, -0.2) is 13.8 Å². The number of hydrogen-bond acceptors (Lipinski definition) is 4. The predicted molar refractivity (Wildman–Crippen MR) is 85.6 cm³/mol. The van der Waals surface area contributed by atoms with Crippen molar-refractivity contribution in [2.24, 2.45) is 0 Å². The number of aromatic nitrogens is 1. The van der Waals surface area contributed by atoms with Crippen molar-refractivity contribution in [1.29, 1.82) is 0 Å². The number of aliphatic hydroxyl groups excluding tert-OH is 1. The van der Waals surface area contributed by atoms with Crippen LogP contribution >= 0.6 is 0 Å². The molecule has 0 aliphatic carbocycles. The first-order valence-corrected chi connectivity index (χ1v) is 7.47. The maximum Gasteiger partial charge on any atom is 0.273 e. The molecule has 0 aliphatic rings. The zero-order chi connectivity index (χ0) is 17.8. The van der Waals surface area contributed by atoms with Crippen molar-refractivity contribution in [1.82, 2.24) is 10.3 Å². The van der Waals surface area contributed by atoms with Gasteiger partial charge in [-0.3, -0.25) is 4.79 Å². The molecule has 128 valence electrons. The summed E-state index contributed by atoms with van der Waals surface area (Å²) in [6.45, 7) is -0.371. The molecule has 0 aliphatic heterocycles. The minimum absolute atomic E-state index is 0.0000543. The molecule has 3 rings (SSSR count). The number of oxazole rings is 1. The molecular weight excluding hydrogens is 330 g/mol. The van der Waals surface area contributed by atoms with Crippen molar-refractivity contribution in [3.63, 3.8) is 0 Å². The molecule has 2 aromatic carbocycles. The first-order chi connectivity index (χ1) is 12.1. The van der Waals surface area contributed by atoms with Crippen LogP contribution < -0.4 is 5.32 Å². The summed E-state index contributed by atoms with van der Waals surface area (Å²) in [6, 6.07) is 12.3. The quantitative estimate of drug-likeness (QED) is 0.746. The highest BCUT2D eigenvalue weighted by molar-refractivity contribution is 5.92. The van der Waals surface area contributed by atoms with Gasteiger partial charge in [-0.1, -0.05) is 24.3 Å². The Balaban J connectivity index is 1.66. The van der Waals surface area contributed by atoms with Crippen LogP contribution in [0.2, 0.25) is 0 Å². The number of nitrogens with one attached hydrogen (secondary N) is 1. The largest absolute Gasteiger partial charge is 0.444 e. The fourth-order valence-corrected chi connectivity index (χ4v) is 2.30. The summed E-state index contributed by atoms with van der Waals surface area (Å²) in [5.74, 6) is -2.11. The predicted octanol–water partition coefficient (Wildman–Crippen LogP) is 3.08. The van der Waals surface area contributed by atoms with Gasteiger partial charge in [-0.15, -0.1) is 0 Å². The van der Waals surface area contributed by atoms with Crippen LogP contribution in [-0.4, -0.2) is 22.5 Å². The first-order valence-electron chi connectivity index (χ1n) is 7.47. The molecule has 25 heavy (non-hydrogen) atoms. The summed E-state index contributed by atoms with van der Waals surface area (Å²) in [5, 5.41) is 12.3. The van der Waals surface area contributed by atoms with Crippen LogP contribution in [0.5, 0.6) is 0 Å². The van der Waals surface area contributed by atoms with E-state index in [-0.39, 0.29) is 18.1 Å². The monoisotopic (exact) mass is 344 g/mol. The summed E-state index contributed by atoms with van der Waals surface area (Å²) in [5.41, 5.74) is 0.211. The number of carbonyl (C=O) groups is 1. The van der Waals surface area contributed by atoms with Crippen LogP contribution in [0.25, 0.3) is 11.5 Å². The summed E-state index contributed by atoms with van der Waals surface area (Å²) >= 11 is 0. The number of aliphatic hydroxyl groups is 1. The average Bonchev–Trinajstić information content (AvgIpc) is 3.10. The normalized spacial score (nSPS) is 12.0. The Kier molecular flexibility index (Phi) is 4.85. The Bertz CT molecular complexity index is 861. The highest BCUT2D eigenvalue weighted by Crippen LogP contribution is 2.21. The van der Waals surface area contributed by atoms with E-state index in [4.69, 9.17) is 4.42 Å². The molecule has 1 aromatic heterocycles. The van der Waals surface area contributed by atoms with Crippen LogP contribution in [0.3, 0.4) is 0 Å². The van der Waals surface area contributed by atoms with E-state index in [9.17, 15) is 18.7 Å². The highest BCUT2D eigenvalue weighted by Gasteiger charge is 2.20. The fraction of sp³-hybridized carbons (Fsp3) is 0.111. The molecule has 0 bridgehead atoms. The molecule has 7 heteroatoms. The molecule has 1 heterocycles. The number of nitrogens with zero attached hydrogens (tertiary/aromatic N) is 1. The fourth-order valence-electron chi connectivity index (χ4n) is 2.30. The average molecular weight is 344 g/mol. The maximum atomic E-state index is 13.6. The van der Waals surface area contributed by atoms with Gasteiger partial charge in [0.2, 0.25) is 5.89 Å². The maximum absolute atomic E-state index is 13.6. The Labute approximate surface area is 141 Å². The molecule has 2 N–H and O–H groups in total.